The first-order chi connectivity index (χ1) is 17.0. The van der Waals surface area contributed by atoms with Gasteiger partial charge >= 0.3 is 0 Å². The number of rotatable bonds is 5. The van der Waals surface area contributed by atoms with E-state index in [1.165, 1.54) is 23.1 Å². The van der Waals surface area contributed by atoms with E-state index >= 15 is 0 Å². The molecule has 188 valence electrons. The zero-order valence-corrected chi connectivity index (χ0v) is 21.3. The number of hydrogen-bond donors (Lipinski definition) is 1. The van der Waals surface area contributed by atoms with E-state index in [4.69, 9.17) is 17.3 Å². The van der Waals surface area contributed by atoms with Crippen molar-refractivity contribution in [3.8, 4) is 17.3 Å². The first-order valence-corrected chi connectivity index (χ1v) is 12.6. The number of carbonyl (C=O) groups excluding carboxylic acids is 2. The quantitative estimate of drug-likeness (QED) is 0.491. The van der Waals surface area contributed by atoms with E-state index in [-0.39, 0.29) is 30.2 Å². The molecule has 0 saturated carbocycles. The molecule has 2 amide bonds. The van der Waals surface area contributed by atoms with E-state index in [2.05, 4.69) is 16.2 Å². The van der Waals surface area contributed by atoms with Crippen molar-refractivity contribution in [2.75, 3.05) is 29.5 Å². The van der Waals surface area contributed by atoms with Crippen LogP contribution in [0.4, 0.5) is 11.5 Å². The SMILES string of the molecule is CC(CS(=O)[O-])C(=O)N1CCN(c2cc(-c3cc(Cl)c4c(N)ncnn34)ccc2C#N)C(=O)C1(C)C. The van der Waals surface area contributed by atoms with E-state index in [9.17, 15) is 23.6 Å². The van der Waals surface area contributed by atoms with Gasteiger partial charge in [-0.2, -0.15) is 10.4 Å². The largest absolute Gasteiger partial charge is 0.772 e. The van der Waals surface area contributed by atoms with Crippen LogP contribution in [-0.4, -0.2) is 64.5 Å². The van der Waals surface area contributed by atoms with Crippen LogP contribution in [0, 0.1) is 17.2 Å². The first-order valence-electron chi connectivity index (χ1n) is 11.0. The maximum absolute atomic E-state index is 13.6. The molecule has 1 fully saturated rings. The minimum absolute atomic E-state index is 0.129. The number of anilines is 2. The normalized spacial score (nSPS) is 17.2. The Labute approximate surface area is 214 Å². The molecule has 1 aliphatic heterocycles. The summed E-state index contributed by atoms with van der Waals surface area (Å²) in [4.78, 5) is 33.4. The number of halogens is 1. The van der Waals surface area contributed by atoms with E-state index in [1.54, 1.807) is 42.6 Å². The highest BCUT2D eigenvalue weighted by Gasteiger charge is 2.46. The van der Waals surface area contributed by atoms with Gasteiger partial charge in [-0.1, -0.05) is 35.7 Å². The average Bonchev–Trinajstić information content (AvgIpc) is 3.17. The summed E-state index contributed by atoms with van der Waals surface area (Å²) in [5.74, 6) is -1.72. The molecule has 0 radical (unpaired) electrons. The van der Waals surface area contributed by atoms with Crippen molar-refractivity contribution in [2.24, 2.45) is 5.92 Å². The Morgan fingerprint density at radius 3 is 2.75 bits per heavy atom. The van der Waals surface area contributed by atoms with Gasteiger partial charge in [0.2, 0.25) is 5.91 Å². The molecule has 1 aliphatic rings. The molecule has 0 spiro atoms. The number of fused-ring (bicyclic) bond motifs is 1. The Morgan fingerprint density at radius 2 is 2.08 bits per heavy atom. The van der Waals surface area contributed by atoms with Gasteiger partial charge in [-0.05, 0) is 32.0 Å². The van der Waals surface area contributed by atoms with Crippen LogP contribution < -0.4 is 10.6 Å². The number of nitrogens with zero attached hydrogens (tertiary/aromatic N) is 6. The number of nitriles is 1. The number of carbonyl (C=O) groups is 2. The van der Waals surface area contributed by atoms with Gasteiger partial charge in [0, 0.05) is 30.3 Å². The third-order valence-electron chi connectivity index (χ3n) is 6.31. The van der Waals surface area contributed by atoms with Crippen molar-refractivity contribution in [2.45, 2.75) is 26.3 Å². The second-order valence-electron chi connectivity index (χ2n) is 9.00. The van der Waals surface area contributed by atoms with Crippen LogP contribution in [0.1, 0.15) is 26.3 Å². The lowest BCUT2D eigenvalue weighted by Gasteiger charge is -2.47. The number of piperazine rings is 1. The van der Waals surface area contributed by atoms with Crippen molar-refractivity contribution in [3.63, 3.8) is 0 Å². The first kappa shape index (κ1) is 25.6. The van der Waals surface area contributed by atoms with E-state index in [0.717, 1.165) is 0 Å². The Bertz CT molecular complexity index is 1450. The summed E-state index contributed by atoms with van der Waals surface area (Å²) in [5.41, 5.74) is 7.02. The fourth-order valence-electron chi connectivity index (χ4n) is 4.42. The van der Waals surface area contributed by atoms with Gasteiger partial charge in [-0.15, -0.1) is 0 Å². The van der Waals surface area contributed by atoms with Crippen molar-refractivity contribution in [1.29, 1.82) is 5.26 Å². The fraction of sp³-hybridized carbons (Fsp3) is 0.348. The highest BCUT2D eigenvalue weighted by molar-refractivity contribution is 7.79. The molecule has 13 heteroatoms. The molecule has 3 heterocycles. The predicted octanol–water partition coefficient (Wildman–Crippen LogP) is 1.97. The van der Waals surface area contributed by atoms with Crippen LogP contribution in [0.5, 0.6) is 0 Å². The van der Waals surface area contributed by atoms with Crippen molar-refractivity contribution in [3.05, 3.63) is 41.2 Å². The highest BCUT2D eigenvalue weighted by atomic mass is 35.5. The van der Waals surface area contributed by atoms with Crippen LogP contribution >= 0.6 is 11.6 Å². The maximum Gasteiger partial charge on any atom is 0.252 e. The van der Waals surface area contributed by atoms with Crippen molar-refractivity contribution in [1.82, 2.24) is 19.5 Å². The highest BCUT2D eigenvalue weighted by Crippen LogP contribution is 2.36. The van der Waals surface area contributed by atoms with Crippen LogP contribution in [0.2, 0.25) is 5.02 Å². The maximum atomic E-state index is 13.6. The predicted molar refractivity (Wildman–Crippen MR) is 134 cm³/mol. The van der Waals surface area contributed by atoms with Gasteiger partial charge in [0.05, 0.1) is 22.0 Å². The van der Waals surface area contributed by atoms with Crippen LogP contribution in [0.3, 0.4) is 0 Å². The lowest BCUT2D eigenvalue weighted by atomic mass is 9.94. The van der Waals surface area contributed by atoms with Crippen LogP contribution in [-0.2, 0) is 20.7 Å². The Hall–Kier alpha value is -3.53. The summed E-state index contributed by atoms with van der Waals surface area (Å²) in [6.45, 7) is 5.04. The third kappa shape index (κ3) is 4.30. The van der Waals surface area contributed by atoms with Crippen molar-refractivity contribution < 1.29 is 18.4 Å². The summed E-state index contributed by atoms with van der Waals surface area (Å²) in [6, 6.07) is 8.82. The molecular weight excluding hydrogens is 506 g/mol. The molecule has 1 aromatic carbocycles. The Balaban J connectivity index is 1.73. The average molecular weight is 529 g/mol. The van der Waals surface area contributed by atoms with Crippen LogP contribution in [0.25, 0.3) is 16.8 Å². The fourth-order valence-corrected chi connectivity index (χ4v) is 5.25. The lowest BCUT2D eigenvalue weighted by molar-refractivity contribution is -0.149. The zero-order valence-electron chi connectivity index (χ0n) is 19.8. The van der Waals surface area contributed by atoms with E-state index < -0.39 is 34.4 Å². The number of amides is 2. The molecule has 2 N–H and O–H groups in total. The second-order valence-corrected chi connectivity index (χ2v) is 10.4. The van der Waals surface area contributed by atoms with E-state index in [0.29, 0.717) is 27.5 Å². The van der Waals surface area contributed by atoms with Gasteiger partial charge in [0.15, 0.2) is 5.82 Å². The number of aromatic nitrogens is 3. The Kier molecular flexibility index (Phi) is 6.74. The topological polar surface area (TPSA) is 161 Å². The van der Waals surface area contributed by atoms with Gasteiger partial charge in [0.25, 0.3) is 5.91 Å². The third-order valence-corrected chi connectivity index (χ3v) is 7.37. The minimum atomic E-state index is -2.38. The monoisotopic (exact) mass is 528 g/mol. The molecule has 4 rings (SSSR count). The molecule has 0 aliphatic carbocycles. The smallest absolute Gasteiger partial charge is 0.252 e. The summed E-state index contributed by atoms with van der Waals surface area (Å²) < 4.78 is 23.7. The molecule has 1 saturated heterocycles. The summed E-state index contributed by atoms with van der Waals surface area (Å²) in [6.07, 6.45) is 1.30. The van der Waals surface area contributed by atoms with Crippen LogP contribution in [0.15, 0.2) is 30.6 Å². The molecule has 36 heavy (non-hydrogen) atoms. The number of hydrogen-bond acceptors (Lipinski definition) is 8. The van der Waals surface area contributed by atoms with E-state index in [1.807, 2.05) is 0 Å². The molecule has 0 bridgehead atoms. The molecular formula is C23H23ClN7O4S-. The molecule has 3 aromatic rings. The molecule has 2 unspecified atom stereocenters. The Morgan fingerprint density at radius 1 is 1.36 bits per heavy atom. The lowest BCUT2D eigenvalue weighted by Crippen LogP contribution is -2.65. The van der Waals surface area contributed by atoms with Gasteiger partial charge in [-0.25, -0.2) is 9.50 Å². The molecule has 2 aromatic heterocycles. The van der Waals surface area contributed by atoms with Gasteiger partial charge in [0.1, 0.15) is 23.5 Å². The van der Waals surface area contributed by atoms with Crippen molar-refractivity contribution >= 4 is 51.5 Å². The summed E-state index contributed by atoms with van der Waals surface area (Å²) >= 11 is 3.99. The zero-order chi connectivity index (χ0) is 26.4. The van der Waals surface area contributed by atoms with Gasteiger partial charge in [-0.3, -0.25) is 13.8 Å². The minimum Gasteiger partial charge on any atom is -0.772 e. The van der Waals surface area contributed by atoms with Gasteiger partial charge < -0.3 is 20.1 Å². The second kappa shape index (κ2) is 9.50. The number of nitrogen functional groups attached to an aromatic ring is 1. The summed E-state index contributed by atoms with van der Waals surface area (Å²) in [7, 11) is 0. The molecule has 2 atom stereocenters. The molecule has 11 nitrogen and oxygen atoms in total. The standard InChI is InChI=1S/C23H24ClN7O4S/c1-13(11-36(34)35)21(32)30-7-6-29(22(33)23(30,2)3)17-8-14(4-5-15(17)10-25)18-9-16(24)19-20(26)27-12-28-31(18)19/h4-5,8-9,12-13H,6-7,11H2,1-3H3,(H,34,35)(H2,26,27,28)/p-1. The number of benzene rings is 1. The summed E-state index contributed by atoms with van der Waals surface area (Å²) in [5, 5.41) is 14.4. The number of nitrogens with two attached hydrogens (primary N) is 1.